The van der Waals surface area contributed by atoms with Crippen LogP contribution in [0.25, 0.3) is 5.69 Å². The van der Waals surface area contributed by atoms with Gasteiger partial charge in [-0.15, -0.1) is 0 Å². The first-order valence-corrected chi connectivity index (χ1v) is 8.33. The highest BCUT2D eigenvalue weighted by Gasteiger charge is 2.09. The van der Waals surface area contributed by atoms with Gasteiger partial charge in [-0.2, -0.15) is 0 Å². The summed E-state index contributed by atoms with van der Waals surface area (Å²) in [6, 6.07) is 17.1. The minimum atomic E-state index is 0.243. The van der Waals surface area contributed by atoms with E-state index in [2.05, 4.69) is 41.6 Å². The number of aryl methyl sites for hydroxylation is 1. The van der Waals surface area contributed by atoms with Gasteiger partial charge in [0.15, 0.2) is 0 Å². The molecule has 0 spiro atoms. The van der Waals surface area contributed by atoms with Crippen molar-refractivity contribution < 1.29 is 9.84 Å². The third kappa shape index (κ3) is 3.74. The van der Waals surface area contributed by atoms with Crippen LogP contribution in [0, 0.1) is 13.8 Å². The lowest BCUT2D eigenvalue weighted by Crippen LogP contribution is -2.00. The highest BCUT2D eigenvalue weighted by Crippen LogP contribution is 2.23. The van der Waals surface area contributed by atoms with Gasteiger partial charge in [0.1, 0.15) is 11.5 Å². The van der Waals surface area contributed by atoms with E-state index in [4.69, 9.17) is 4.74 Å². The Morgan fingerprint density at radius 1 is 1.04 bits per heavy atom. The summed E-state index contributed by atoms with van der Waals surface area (Å²) in [4.78, 5) is 4.50. The zero-order valence-electron chi connectivity index (χ0n) is 14.7. The maximum absolute atomic E-state index is 9.34. The summed E-state index contributed by atoms with van der Waals surface area (Å²) in [6.45, 7) is 6.82. The average Bonchev–Trinajstić information content (AvgIpc) is 2.89. The first-order valence-electron chi connectivity index (χ1n) is 8.33. The first kappa shape index (κ1) is 16.8. The monoisotopic (exact) mass is 334 g/mol. The van der Waals surface area contributed by atoms with E-state index in [-0.39, 0.29) is 5.75 Å². The smallest absolute Gasteiger partial charge is 0.119 e. The molecule has 0 bridgehead atoms. The van der Waals surface area contributed by atoms with Crippen molar-refractivity contribution in [2.75, 3.05) is 6.61 Å². The minimum absolute atomic E-state index is 0.243. The molecule has 0 saturated heterocycles. The molecule has 4 heteroatoms. The molecule has 3 rings (SSSR count). The van der Waals surface area contributed by atoms with E-state index in [0.29, 0.717) is 6.61 Å². The SMILES string of the molecule is CCOc1ccc(-n2c(C)cc(C=Nc3ccc(O)cc3)c2C)cc1. The Morgan fingerprint density at radius 3 is 2.36 bits per heavy atom. The van der Waals surface area contributed by atoms with E-state index in [0.717, 1.165) is 34.1 Å². The van der Waals surface area contributed by atoms with Crippen LogP contribution in [-0.2, 0) is 0 Å². The molecule has 1 heterocycles. The van der Waals surface area contributed by atoms with Crippen molar-refractivity contribution >= 4 is 11.9 Å². The molecule has 0 atom stereocenters. The van der Waals surface area contributed by atoms with E-state index < -0.39 is 0 Å². The molecule has 1 N–H and O–H groups in total. The number of aromatic nitrogens is 1. The van der Waals surface area contributed by atoms with Gasteiger partial charge in [-0.3, -0.25) is 4.99 Å². The number of aromatic hydroxyl groups is 1. The molecule has 25 heavy (non-hydrogen) atoms. The molecule has 2 aromatic carbocycles. The van der Waals surface area contributed by atoms with Crippen LogP contribution < -0.4 is 4.74 Å². The highest BCUT2D eigenvalue weighted by atomic mass is 16.5. The summed E-state index contributed by atoms with van der Waals surface area (Å²) in [5, 5.41) is 9.34. The number of benzene rings is 2. The van der Waals surface area contributed by atoms with Crippen molar-refractivity contribution in [3.8, 4) is 17.2 Å². The fourth-order valence-electron chi connectivity index (χ4n) is 2.86. The standard InChI is InChI=1S/C21H22N2O2/c1-4-25-21-11-7-19(8-12-21)23-15(2)13-17(16(23)3)14-22-18-5-9-20(24)10-6-18/h5-14,24H,4H2,1-3H3. The lowest BCUT2D eigenvalue weighted by Gasteiger charge is -2.10. The van der Waals surface area contributed by atoms with Crippen LogP contribution in [-0.4, -0.2) is 22.5 Å². The van der Waals surface area contributed by atoms with Crippen molar-refractivity contribution in [3.63, 3.8) is 0 Å². The maximum atomic E-state index is 9.34. The first-order chi connectivity index (χ1) is 12.1. The lowest BCUT2D eigenvalue weighted by atomic mass is 10.2. The second-order valence-corrected chi connectivity index (χ2v) is 5.86. The van der Waals surface area contributed by atoms with Crippen LogP contribution in [0.5, 0.6) is 11.5 Å². The van der Waals surface area contributed by atoms with Crippen LogP contribution >= 0.6 is 0 Å². The van der Waals surface area contributed by atoms with Gasteiger partial charge in [0.25, 0.3) is 0 Å². The normalized spacial score (nSPS) is 11.2. The minimum Gasteiger partial charge on any atom is -0.508 e. The average molecular weight is 334 g/mol. The molecule has 0 aliphatic rings. The molecule has 128 valence electrons. The second kappa shape index (κ2) is 7.26. The van der Waals surface area contributed by atoms with Gasteiger partial charge in [-0.1, -0.05) is 0 Å². The summed E-state index contributed by atoms with van der Waals surface area (Å²) >= 11 is 0. The highest BCUT2D eigenvalue weighted by molar-refractivity contribution is 5.84. The van der Waals surface area contributed by atoms with Crippen molar-refractivity contribution in [2.24, 2.45) is 4.99 Å². The Balaban J connectivity index is 1.88. The molecule has 0 amide bonds. The molecule has 0 unspecified atom stereocenters. The van der Waals surface area contributed by atoms with Gasteiger partial charge in [0, 0.05) is 28.9 Å². The molecule has 0 aliphatic heterocycles. The van der Waals surface area contributed by atoms with E-state index in [1.807, 2.05) is 25.3 Å². The number of rotatable bonds is 5. The topological polar surface area (TPSA) is 46.8 Å². The van der Waals surface area contributed by atoms with Crippen molar-refractivity contribution in [3.05, 3.63) is 71.5 Å². The van der Waals surface area contributed by atoms with Crippen molar-refractivity contribution in [2.45, 2.75) is 20.8 Å². The molecule has 0 radical (unpaired) electrons. The number of phenols is 1. The Bertz CT molecular complexity index is 876. The third-order valence-electron chi connectivity index (χ3n) is 4.08. The molecular weight excluding hydrogens is 312 g/mol. The maximum Gasteiger partial charge on any atom is 0.119 e. The van der Waals surface area contributed by atoms with Gasteiger partial charge < -0.3 is 14.4 Å². The van der Waals surface area contributed by atoms with Crippen molar-refractivity contribution in [1.29, 1.82) is 0 Å². The molecule has 1 aromatic heterocycles. The van der Waals surface area contributed by atoms with Gasteiger partial charge in [-0.05, 0) is 75.4 Å². The number of hydrogen-bond acceptors (Lipinski definition) is 3. The van der Waals surface area contributed by atoms with E-state index in [9.17, 15) is 5.11 Å². The number of aliphatic imine (C=N–C) groups is 1. The quantitative estimate of drug-likeness (QED) is 0.671. The van der Waals surface area contributed by atoms with Gasteiger partial charge in [0.2, 0.25) is 0 Å². The van der Waals surface area contributed by atoms with Gasteiger partial charge >= 0.3 is 0 Å². The van der Waals surface area contributed by atoms with Gasteiger partial charge in [0.05, 0.1) is 12.3 Å². The zero-order chi connectivity index (χ0) is 17.8. The van der Waals surface area contributed by atoms with Crippen LogP contribution in [0.1, 0.15) is 23.9 Å². The number of nitrogens with zero attached hydrogens (tertiary/aromatic N) is 2. The van der Waals surface area contributed by atoms with Crippen LogP contribution in [0.3, 0.4) is 0 Å². The summed E-state index contributed by atoms with van der Waals surface area (Å²) in [6.07, 6.45) is 1.86. The third-order valence-corrected chi connectivity index (χ3v) is 4.08. The number of ether oxygens (including phenoxy) is 1. The van der Waals surface area contributed by atoms with Crippen LogP contribution in [0.4, 0.5) is 5.69 Å². The largest absolute Gasteiger partial charge is 0.508 e. The Hall–Kier alpha value is -3.01. The predicted molar refractivity (Wildman–Crippen MR) is 102 cm³/mol. The Labute approximate surface area is 148 Å². The fraction of sp³-hybridized carbons (Fsp3) is 0.190. The Morgan fingerprint density at radius 2 is 1.72 bits per heavy atom. The molecule has 4 nitrogen and oxygen atoms in total. The molecule has 0 fully saturated rings. The van der Waals surface area contributed by atoms with Gasteiger partial charge in [-0.25, -0.2) is 0 Å². The van der Waals surface area contributed by atoms with Crippen molar-refractivity contribution in [1.82, 2.24) is 4.57 Å². The van der Waals surface area contributed by atoms with E-state index >= 15 is 0 Å². The number of phenolic OH excluding ortho intramolecular Hbond substituents is 1. The lowest BCUT2D eigenvalue weighted by molar-refractivity contribution is 0.340. The summed E-state index contributed by atoms with van der Waals surface area (Å²) in [7, 11) is 0. The number of hydrogen-bond donors (Lipinski definition) is 1. The molecule has 0 aliphatic carbocycles. The summed E-state index contributed by atoms with van der Waals surface area (Å²) < 4.78 is 7.71. The van der Waals surface area contributed by atoms with E-state index in [1.54, 1.807) is 24.3 Å². The predicted octanol–water partition coefficient (Wildman–Crippen LogP) is 4.95. The van der Waals surface area contributed by atoms with Crippen LogP contribution in [0.15, 0.2) is 59.6 Å². The van der Waals surface area contributed by atoms with Crippen LogP contribution in [0.2, 0.25) is 0 Å². The zero-order valence-corrected chi connectivity index (χ0v) is 14.7. The van der Waals surface area contributed by atoms with E-state index in [1.165, 1.54) is 0 Å². The second-order valence-electron chi connectivity index (χ2n) is 5.86. The molecular formula is C21H22N2O2. The Kier molecular flexibility index (Phi) is 4.89. The fourth-order valence-corrected chi connectivity index (χ4v) is 2.86. The molecule has 3 aromatic rings. The summed E-state index contributed by atoms with van der Waals surface area (Å²) in [5.74, 6) is 1.12. The summed E-state index contributed by atoms with van der Waals surface area (Å²) in [5.41, 5.74) is 5.25. The molecule has 0 saturated carbocycles.